The van der Waals surface area contributed by atoms with Gasteiger partial charge in [0.1, 0.15) is 11.6 Å². The number of nitriles is 1. The van der Waals surface area contributed by atoms with Crippen molar-refractivity contribution in [3.8, 4) is 11.8 Å². The van der Waals surface area contributed by atoms with Crippen molar-refractivity contribution in [1.29, 1.82) is 5.26 Å². The molecule has 2 rings (SSSR count). The number of carbonyl (C=O) groups excluding carboxylic acids is 1. The number of para-hydroxylation sites is 1. The lowest BCUT2D eigenvalue weighted by Gasteiger charge is -2.14. The Morgan fingerprint density at radius 2 is 2.04 bits per heavy atom. The Morgan fingerprint density at radius 1 is 1.35 bits per heavy atom. The van der Waals surface area contributed by atoms with Crippen LogP contribution < -0.4 is 5.32 Å². The molecule has 1 aromatic heterocycles. The number of hydrogen-bond acceptors (Lipinski definition) is 2. The van der Waals surface area contributed by atoms with Gasteiger partial charge in [0, 0.05) is 24.1 Å². The minimum absolute atomic E-state index is 0.108. The Balaban J connectivity index is 2.59. The molecule has 0 saturated heterocycles. The van der Waals surface area contributed by atoms with Crippen molar-refractivity contribution in [3.63, 3.8) is 0 Å². The van der Waals surface area contributed by atoms with Crippen molar-refractivity contribution < 1.29 is 4.79 Å². The molecule has 0 atom stereocenters. The van der Waals surface area contributed by atoms with Gasteiger partial charge in [-0.2, -0.15) is 5.26 Å². The number of rotatable bonds is 4. The largest absolute Gasteiger partial charge is 0.354 e. The van der Waals surface area contributed by atoms with Crippen LogP contribution in [0.1, 0.15) is 29.4 Å². The van der Waals surface area contributed by atoms with Gasteiger partial charge in [-0.05, 0) is 49.6 Å². The van der Waals surface area contributed by atoms with E-state index in [1.54, 1.807) is 6.08 Å². The molecule has 23 heavy (non-hydrogen) atoms. The van der Waals surface area contributed by atoms with Crippen LogP contribution in [0, 0.1) is 25.2 Å². The summed E-state index contributed by atoms with van der Waals surface area (Å²) in [5.41, 5.74) is 5.48. The number of nitrogens with one attached hydrogen (secondary N) is 1. The second-order valence-electron chi connectivity index (χ2n) is 5.39. The molecule has 1 aromatic carbocycles. The molecule has 4 heteroatoms. The smallest absolute Gasteiger partial charge is 0.261 e. The predicted octanol–water partition coefficient (Wildman–Crippen LogP) is 3.31. The van der Waals surface area contributed by atoms with Gasteiger partial charge in [0.2, 0.25) is 0 Å². The summed E-state index contributed by atoms with van der Waals surface area (Å²) in [6.07, 6.45) is 2.59. The molecule has 0 aliphatic heterocycles. The summed E-state index contributed by atoms with van der Waals surface area (Å²) < 4.78 is 2.17. The summed E-state index contributed by atoms with van der Waals surface area (Å²) >= 11 is 0. The molecule has 2 aromatic rings. The van der Waals surface area contributed by atoms with Crippen molar-refractivity contribution >= 4 is 12.0 Å². The van der Waals surface area contributed by atoms with E-state index in [0.29, 0.717) is 0 Å². The maximum Gasteiger partial charge on any atom is 0.261 e. The first-order valence-corrected chi connectivity index (χ1v) is 7.64. The quantitative estimate of drug-likeness (QED) is 0.696. The maximum atomic E-state index is 11.7. The van der Waals surface area contributed by atoms with Crippen LogP contribution in [0.4, 0.5) is 0 Å². The van der Waals surface area contributed by atoms with Crippen LogP contribution >= 0.6 is 0 Å². The molecule has 1 N–H and O–H groups in total. The molecule has 0 saturated carbocycles. The summed E-state index contributed by atoms with van der Waals surface area (Å²) in [6.45, 7) is 6.17. The average molecular weight is 307 g/mol. The lowest BCUT2D eigenvalue weighted by molar-refractivity contribution is -0.116. The molecule has 1 heterocycles. The number of nitrogens with zero attached hydrogens (tertiary/aromatic N) is 2. The van der Waals surface area contributed by atoms with E-state index in [2.05, 4.69) is 28.9 Å². The number of aromatic nitrogens is 1. The lowest BCUT2D eigenvalue weighted by atomic mass is 10.1. The minimum Gasteiger partial charge on any atom is -0.354 e. The third-order valence-corrected chi connectivity index (χ3v) is 3.98. The second-order valence-corrected chi connectivity index (χ2v) is 5.39. The Bertz CT molecular complexity index is 807. The van der Waals surface area contributed by atoms with Crippen LogP contribution in [0.15, 0.2) is 35.9 Å². The van der Waals surface area contributed by atoms with E-state index in [1.165, 1.54) is 12.6 Å². The summed E-state index contributed by atoms with van der Waals surface area (Å²) in [4.78, 5) is 11.7. The van der Waals surface area contributed by atoms with E-state index in [-0.39, 0.29) is 11.5 Å². The van der Waals surface area contributed by atoms with Gasteiger partial charge in [-0.25, -0.2) is 0 Å². The summed E-state index contributed by atoms with van der Waals surface area (Å²) in [5.74, 6) is -0.369. The zero-order valence-corrected chi connectivity index (χ0v) is 14.0. The summed E-state index contributed by atoms with van der Waals surface area (Å²) in [7, 11) is 1.52. The number of likely N-dealkylation sites (N-methyl/N-ethyl adjacent to an activating group) is 1. The molecule has 0 radical (unpaired) electrons. The first-order chi connectivity index (χ1) is 11.0. The van der Waals surface area contributed by atoms with Crippen LogP contribution in [0.3, 0.4) is 0 Å². The van der Waals surface area contributed by atoms with Crippen LogP contribution in [0.25, 0.3) is 11.8 Å². The first kappa shape index (κ1) is 16.6. The molecule has 0 aliphatic rings. The van der Waals surface area contributed by atoms with E-state index in [1.807, 2.05) is 38.1 Å². The number of amides is 1. The maximum absolute atomic E-state index is 11.7. The minimum atomic E-state index is -0.369. The highest BCUT2D eigenvalue weighted by molar-refractivity contribution is 6.01. The molecule has 0 spiro atoms. The van der Waals surface area contributed by atoms with Crippen LogP contribution in [0.2, 0.25) is 0 Å². The fraction of sp³-hybridized carbons (Fsp3) is 0.263. The van der Waals surface area contributed by atoms with Crippen molar-refractivity contribution in [2.45, 2.75) is 27.2 Å². The Morgan fingerprint density at radius 3 is 2.65 bits per heavy atom. The lowest BCUT2D eigenvalue weighted by Crippen LogP contribution is -2.19. The fourth-order valence-corrected chi connectivity index (χ4v) is 2.77. The summed E-state index contributed by atoms with van der Waals surface area (Å²) in [5, 5.41) is 11.7. The van der Waals surface area contributed by atoms with Gasteiger partial charge >= 0.3 is 0 Å². The standard InChI is InChI=1S/C19H21N3O/c1-5-15-8-6-7-9-18(15)22-13(2)10-16(14(22)3)11-17(12-20)19(23)21-4/h6-11H,5H2,1-4H3,(H,21,23)/b17-11-. The summed E-state index contributed by atoms with van der Waals surface area (Å²) in [6, 6.07) is 12.2. The highest BCUT2D eigenvalue weighted by atomic mass is 16.1. The number of hydrogen-bond donors (Lipinski definition) is 1. The number of aryl methyl sites for hydroxylation is 2. The van der Waals surface area contributed by atoms with Gasteiger partial charge in [-0.3, -0.25) is 4.79 Å². The van der Waals surface area contributed by atoms with Crippen molar-refractivity contribution in [1.82, 2.24) is 9.88 Å². The normalized spacial score (nSPS) is 11.2. The van der Waals surface area contributed by atoms with Crippen LogP contribution in [0.5, 0.6) is 0 Å². The van der Waals surface area contributed by atoms with Gasteiger partial charge in [-0.1, -0.05) is 25.1 Å². The molecular formula is C19H21N3O. The van der Waals surface area contributed by atoms with Gasteiger partial charge < -0.3 is 9.88 Å². The first-order valence-electron chi connectivity index (χ1n) is 7.64. The second kappa shape index (κ2) is 6.97. The molecule has 0 unspecified atom stereocenters. The van der Waals surface area contributed by atoms with Crippen molar-refractivity contribution in [3.05, 3.63) is 58.4 Å². The van der Waals surface area contributed by atoms with Crippen LogP contribution in [-0.2, 0) is 11.2 Å². The Hall–Kier alpha value is -2.80. The zero-order chi connectivity index (χ0) is 17.0. The molecule has 0 aliphatic carbocycles. The monoisotopic (exact) mass is 307 g/mol. The van der Waals surface area contributed by atoms with E-state index in [4.69, 9.17) is 5.26 Å². The number of benzene rings is 1. The molecule has 4 nitrogen and oxygen atoms in total. The van der Waals surface area contributed by atoms with E-state index in [0.717, 1.165) is 29.1 Å². The highest BCUT2D eigenvalue weighted by Gasteiger charge is 2.14. The van der Waals surface area contributed by atoms with E-state index >= 15 is 0 Å². The third kappa shape index (κ3) is 3.19. The zero-order valence-electron chi connectivity index (χ0n) is 14.0. The van der Waals surface area contributed by atoms with Gasteiger partial charge in [0.25, 0.3) is 5.91 Å². The average Bonchev–Trinajstić information content (AvgIpc) is 2.85. The van der Waals surface area contributed by atoms with Gasteiger partial charge in [0.05, 0.1) is 0 Å². The molecule has 0 fully saturated rings. The van der Waals surface area contributed by atoms with E-state index in [9.17, 15) is 4.79 Å². The third-order valence-electron chi connectivity index (χ3n) is 3.98. The molecule has 0 bridgehead atoms. The topological polar surface area (TPSA) is 57.8 Å². The SMILES string of the molecule is CCc1ccccc1-n1c(C)cc(/C=C(/C#N)C(=O)NC)c1C. The van der Waals surface area contributed by atoms with Gasteiger partial charge in [0.15, 0.2) is 0 Å². The Labute approximate surface area is 137 Å². The molecular weight excluding hydrogens is 286 g/mol. The fourth-order valence-electron chi connectivity index (χ4n) is 2.77. The molecule has 118 valence electrons. The molecule has 1 amide bonds. The Kier molecular flexibility index (Phi) is 5.02. The van der Waals surface area contributed by atoms with Crippen molar-refractivity contribution in [2.24, 2.45) is 0 Å². The highest BCUT2D eigenvalue weighted by Crippen LogP contribution is 2.25. The van der Waals surface area contributed by atoms with E-state index < -0.39 is 0 Å². The van der Waals surface area contributed by atoms with Crippen molar-refractivity contribution in [2.75, 3.05) is 7.05 Å². The number of carbonyl (C=O) groups is 1. The predicted molar refractivity (Wildman–Crippen MR) is 92.3 cm³/mol. The van der Waals surface area contributed by atoms with Gasteiger partial charge in [-0.15, -0.1) is 0 Å². The van der Waals surface area contributed by atoms with Crippen LogP contribution in [-0.4, -0.2) is 17.5 Å².